The minimum absolute atomic E-state index is 0.122. The number of nitrogens with two attached hydrogens (primary N) is 1. The second-order valence-corrected chi connectivity index (χ2v) is 8.82. The highest BCUT2D eigenvalue weighted by Gasteiger charge is 2.37. The number of anilines is 4. The zero-order valence-corrected chi connectivity index (χ0v) is 18.2. The zero-order valence-electron chi connectivity index (χ0n) is 18.2. The molecule has 3 aliphatic rings. The molecular formula is C22H30N8O2. The van der Waals surface area contributed by atoms with Crippen LogP contribution in [-0.4, -0.2) is 73.3 Å². The van der Waals surface area contributed by atoms with Crippen LogP contribution >= 0.6 is 0 Å². The largest absolute Gasteiger partial charge is 0.382 e. The summed E-state index contributed by atoms with van der Waals surface area (Å²) >= 11 is 0. The first-order valence-corrected chi connectivity index (χ1v) is 11.3. The minimum Gasteiger partial charge on any atom is -0.382 e. The van der Waals surface area contributed by atoms with Gasteiger partial charge in [-0.15, -0.1) is 0 Å². The number of nitrogen functional groups attached to an aromatic ring is 1. The van der Waals surface area contributed by atoms with Crippen LogP contribution in [0.3, 0.4) is 0 Å². The second kappa shape index (κ2) is 8.87. The monoisotopic (exact) mass is 438 g/mol. The lowest BCUT2D eigenvalue weighted by molar-refractivity contribution is 0.102. The molecule has 170 valence electrons. The fourth-order valence-electron chi connectivity index (χ4n) is 4.89. The van der Waals surface area contributed by atoms with E-state index in [-0.39, 0.29) is 17.4 Å². The molecule has 0 aromatic carbocycles. The molecule has 4 N–H and O–H groups in total. The summed E-state index contributed by atoms with van der Waals surface area (Å²) in [5, 5.41) is 6.43. The van der Waals surface area contributed by atoms with Crippen LogP contribution in [0.15, 0.2) is 24.7 Å². The van der Waals surface area contributed by atoms with Crippen LogP contribution in [0, 0.1) is 5.41 Å². The molecule has 0 bridgehead atoms. The van der Waals surface area contributed by atoms with Crippen molar-refractivity contribution in [2.45, 2.75) is 19.3 Å². The summed E-state index contributed by atoms with van der Waals surface area (Å²) < 4.78 is 5.44. The molecule has 0 saturated carbocycles. The van der Waals surface area contributed by atoms with Gasteiger partial charge in [-0.2, -0.15) is 0 Å². The number of rotatable bonds is 4. The first kappa shape index (κ1) is 20.9. The zero-order chi connectivity index (χ0) is 22.0. The van der Waals surface area contributed by atoms with Gasteiger partial charge in [-0.05, 0) is 37.3 Å². The normalized spacial score (nSPS) is 20.5. The van der Waals surface area contributed by atoms with Crippen molar-refractivity contribution in [1.82, 2.24) is 20.3 Å². The van der Waals surface area contributed by atoms with Gasteiger partial charge in [0.2, 0.25) is 0 Å². The molecule has 32 heavy (non-hydrogen) atoms. The smallest absolute Gasteiger partial charge is 0.278 e. The van der Waals surface area contributed by atoms with Gasteiger partial charge >= 0.3 is 0 Å². The summed E-state index contributed by atoms with van der Waals surface area (Å²) in [6.07, 6.45) is 8.51. The first-order valence-electron chi connectivity index (χ1n) is 11.3. The Balaban J connectivity index is 1.32. The average Bonchev–Trinajstić information content (AvgIpc) is 3.29. The lowest BCUT2D eigenvalue weighted by Crippen LogP contribution is -2.41. The summed E-state index contributed by atoms with van der Waals surface area (Å²) in [6.45, 7) is 6.85. The maximum atomic E-state index is 13.1. The SMILES string of the molecule is Nc1ncc(N2CCC3(CCNC3)CC2)nc1C(=O)Nc1cnccc1N1CCOCC1. The van der Waals surface area contributed by atoms with E-state index in [1.807, 2.05) is 6.07 Å². The van der Waals surface area contributed by atoms with Crippen molar-refractivity contribution in [3.05, 3.63) is 30.4 Å². The van der Waals surface area contributed by atoms with Crippen LogP contribution in [0.4, 0.5) is 23.0 Å². The third kappa shape index (κ3) is 4.20. The molecule has 1 amide bonds. The Morgan fingerprint density at radius 1 is 1.12 bits per heavy atom. The van der Waals surface area contributed by atoms with Gasteiger partial charge in [0.05, 0.1) is 37.0 Å². The van der Waals surface area contributed by atoms with Crippen LogP contribution in [0.5, 0.6) is 0 Å². The van der Waals surface area contributed by atoms with Gasteiger partial charge in [0.15, 0.2) is 11.5 Å². The van der Waals surface area contributed by atoms with E-state index in [4.69, 9.17) is 10.5 Å². The highest BCUT2D eigenvalue weighted by Crippen LogP contribution is 2.38. The number of pyridine rings is 1. The number of nitrogens with one attached hydrogen (secondary N) is 2. The van der Waals surface area contributed by atoms with E-state index in [1.54, 1.807) is 18.6 Å². The Kier molecular flexibility index (Phi) is 5.79. The molecule has 3 aliphatic heterocycles. The molecule has 2 aromatic heterocycles. The Hall–Kier alpha value is -2.98. The van der Waals surface area contributed by atoms with E-state index in [9.17, 15) is 4.79 Å². The highest BCUT2D eigenvalue weighted by atomic mass is 16.5. The Labute approximate surface area is 187 Å². The molecule has 5 heterocycles. The molecule has 0 atom stereocenters. The van der Waals surface area contributed by atoms with Crippen molar-refractivity contribution in [1.29, 1.82) is 0 Å². The molecular weight excluding hydrogens is 408 g/mol. The minimum atomic E-state index is -0.382. The van der Waals surface area contributed by atoms with Gasteiger partial charge in [-0.3, -0.25) is 9.78 Å². The number of hydrogen-bond donors (Lipinski definition) is 3. The number of ether oxygens (including phenoxy) is 1. The number of hydrogen-bond acceptors (Lipinski definition) is 9. The number of amides is 1. The van der Waals surface area contributed by atoms with Crippen LogP contribution in [0.1, 0.15) is 29.8 Å². The molecule has 1 spiro atoms. The van der Waals surface area contributed by atoms with Crippen molar-refractivity contribution in [3.63, 3.8) is 0 Å². The maximum Gasteiger partial charge on any atom is 0.278 e. The average molecular weight is 439 g/mol. The lowest BCUT2D eigenvalue weighted by atomic mass is 9.78. The number of aromatic nitrogens is 3. The molecule has 5 rings (SSSR count). The van der Waals surface area contributed by atoms with Gasteiger partial charge < -0.3 is 30.9 Å². The van der Waals surface area contributed by atoms with Gasteiger partial charge in [0.25, 0.3) is 5.91 Å². The van der Waals surface area contributed by atoms with Gasteiger partial charge in [0.1, 0.15) is 5.82 Å². The van der Waals surface area contributed by atoms with E-state index >= 15 is 0 Å². The Morgan fingerprint density at radius 3 is 2.69 bits per heavy atom. The second-order valence-electron chi connectivity index (χ2n) is 8.82. The van der Waals surface area contributed by atoms with Crippen LogP contribution < -0.4 is 26.2 Å². The van der Waals surface area contributed by atoms with Crippen molar-refractivity contribution in [2.24, 2.45) is 5.41 Å². The highest BCUT2D eigenvalue weighted by molar-refractivity contribution is 6.07. The topological polar surface area (TPSA) is 122 Å². The van der Waals surface area contributed by atoms with Crippen LogP contribution in [0.2, 0.25) is 0 Å². The predicted octanol–water partition coefficient (Wildman–Crippen LogP) is 1.12. The number of morpholine rings is 1. The maximum absolute atomic E-state index is 13.1. The Bertz CT molecular complexity index is 962. The Morgan fingerprint density at radius 2 is 1.94 bits per heavy atom. The van der Waals surface area contributed by atoms with Crippen LogP contribution in [0.25, 0.3) is 0 Å². The molecule has 2 aromatic rings. The molecule has 10 heteroatoms. The summed E-state index contributed by atoms with van der Waals surface area (Å²) in [5.74, 6) is 0.439. The lowest BCUT2D eigenvalue weighted by Gasteiger charge is -2.39. The van der Waals surface area contributed by atoms with Gasteiger partial charge in [0, 0.05) is 38.9 Å². The quantitative estimate of drug-likeness (QED) is 0.645. The van der Waals surface area contributed by atoms with Crippen LogP contribution in [-0.2, 0) is 4.74 Å². The number of carbonyl (C=O) groups is 1. The fourth-order valence-corrected chi connectivity index (χ4v) is 4.89. The predicted molar refractivity (Wildman–Crippen MR) is 123 cm³/mol. The standard InChI is InChI=1S/C22H30N8O2/c23-20-19(21(31)27-16-13-24-5-1-17(16)29-9-11-32-12-10-29)28-18(14-26-20)30-7-3-22(4-8-30)2-6-25-15-22/h1,5,13-14,25H,2-4,6-12,15H2,(H2,23,26)(H,27,31). The molecule has 3 saturated heterocycles. The van der Waals surface area contributed by atoms with Gasteiger partial charge in [-0.25, -0.2) is 9.97 Å². The van der Waals surface area contributed by atoms with E-state index in [0.29, 0.717) is 30.1 Å². The number of nitrogens with zero attached hydrogens (tertiary/aromatic N) is 5. The summed E-state index contributed by atoms with van der Waals surface area (Å²) in [4.78, 5) is 30.6. The van der Waals surface area contributed by atoms with E-state index in [0.717, 1.165) is 57.8 Å². The fraction of sp³-hybridized carbons (Fsp3) is 0.545. The van der Waals surface area contributed by atoms with Crippen molar-refractivity contribution in [2.75, 3.05) is 73.3 Å². The van der Waals surface area contributed by atoms with E-state index < -0.39 is 0 Å². The van der Waals surface area contributed by atoms with E-state index in [1.165, 1.54) is 6.42 Å². The molecule has 0 radical (unpaired) electrons. The number of carbonyl (C=O) groups excluding carboxylic acids is 1. The third-order valence-electron chi connectivity index (χ3n) is 6.88. The summed E-state index contributed by atoms with van der Waals surface area (Å²) in [5.41, 5.74) is 8.13. The molecule has 0 aliphatic carbocycles. The summed E-state index contributed by atoms with van der Waals surface area (Å²) in [6, 6.07) is 1.90. The molecule has 3 fully saturated rings. The number of piperidine rings is 1. The van der Waals surface area contributed by atoms with Crippen molar-refractivity contribution < 1.29 is 9.53 Å². The first-order chi connectivity index (χ1) is 15.6. The van der Waals surface area contributed by atoms with Crippen molar-refractivity contribution in [3.8, 4) is 0 Å². The third-order valence-corrected chi connectivity index (χ3v) is 6.88. The van der Waals surface area contributed by atoms with E-state index in [2.05, 4.69) is 35.4 Å². The molecule has 0 unspecified atom stereocenters. The summed E-state index contributed by atoms with van der Waals surface area (Å²) in [7, 11) is 0. The van der Waals surface area contributed by atoms with Crippen molar-refractivity contribution >= 4 is 28.9 Å². The van der Waals surface area contributed by atoms with Gasteiger partial charge in [-0.1, -0.05) is 0 Å². The molecule has 10 nitrogen and oxygen atoms in total.